The summed E-state index contributed by atoms with van der Waals surface area (Å²) in [6.07, 6.45) is 18.1. The zero-order valence-corrected chi connectivity index (χ0v) is 14.7. The molecular formula is C20H36O2. The van der Waals surface area contributed by atoms with Crippen LogP contribution in [0.1, 0.15) is 90.9 Å². The van der Waals surface area contributed by atoms with E-state index in [1.54, 1.807) is 0 Å². The first-order valence-electron chi connectivity index (χ1n) is 9.69. The summed E-state index contributed by atoms with van der Waals surface area (Å²) in [6, 6.07) is 0. The Morgan fingerprint density at radius 3 is 2.36 bits per heavy atom. The van der Waals surface area contributed by atoms with Gasteiger partial charge in [0.15, 0.2) is 0 Å². The standard InChI is InChI=1S/C20H36O2/c1-16(21)12-17(2)22-20-14-18-10-8-6-4-3-5-7-9-11-19(13-18)15-20/h14,16-19,21H,3-13,15H2,1-2H3/t16-,17-,18-,19+/m1/s1. The molecule has 2 bridgehead atoms. The minimum absolute atomic E-state index is 0.129. The van der Waals surface area contributed by atoms with Gasteiger partial charge in [0.25, 0.3) is 0 Å². The van der Waals surface area contributed by atoms with Crippen molar-refractivity contribution >= 4 is 0 Å². The van der Waals surface area contributed by atoms with Gasteiger partial charge in [-0.25, -0.2) is 0 Å². The van der Waals surface area contributed by atoms with E-state index in [1.165, 1.54) is 70.0 Å². The summed E-state index contributed by atoms with van der Waals surface area (Å²) in [7, 11) is 0. The van der Waals surface area contributed by atoms with Crippen LogP contribution >= 0.6 is 0 Å². The van der Waals surface area contributed by atoms with E-state index in [-0.39, 0.29) is 12.2 Å². The van der Waals surface area contributed by atoms with Crippen LogP contribution in [0.2, 0.25) is 0 Å². The maximum absolute atomic E-state index is 9.52. The van der Waals surface area contributed by atoms with E-state index in [0.717, 1.165) is 24.7 Å². The molecule has 0 saturated heterocycles. The van der Waals surface area contributed by atoms with Crippen LogP contribution in [0, 0.1) is 11.8 Å². The number of hydrogen-bond acceptors (Lipinski definition) is 2. The Balaban J connectivity index is 1.92. The van der Waals surface area contributed by atoms with Crippen molar-refractivity contribution in [3.05, 3.63) is 11.8 Å². The van der Waals surface area contributed by atoms with Crippen molar-refractivity contribution in [1.82, 2.24) is 0 Å². The van der Waals surface area contributed by atoms with Crippen molar-refractivity contribution in [2.24, 2.45) is 11.8 Å². The Morgan fingerprint density at radius 2 is 1.68 bits per heavy atom. The van der Waals surface area contributed by atoms with Crippen LogP contribution in [0.25, 0.3) is 0 Å². The first-order chi connectivity index (χ1) is 10.6. The SMILES string of the molecule is C[C@H](C[C@@H](C)O)OC1=C[C@@H]2CCCCCCCCC[C@H](C1)C2. The number of ether oxygens (including phenoxy) is 1. The second-order valence-corrected chi connectivity index (χ2v) is 7.76. The fraction of sp³-hybridized carbons (Fsp3) is 0.900. The predicted molar refractivity (Wildman–Crippen MR) is 92.7 cm³/mol. The summed E-state index contributed by atoms with van der Waals surface area (Å²) in [6.45, 7) is 3.93. The van der Waals surface area contributed by atoms with Crippen LogP contribution in [0.5, 0.6) is 0 Å². The first kappa shape index (κ1) is 17.8. The van der Waals surface area contributed by atoms with Crippen molar-refractivity contribution in [3.63, 3.8) is 0 Å². The van der Waals surface area contributed by atoms with E-state index in [1.807, 2.05) is 6.92 Å². The molecule has 2 nitrogen and oxygen atoms in total. The zero-order valence-electron chi connectivity index (χ0n) is 14.7. The highest BCUT2D eigenvalue weighted by Gasteiger charge is 2.24. The quantitative estimate of drug-likeness (QED) is 0.732. The number of aliphatic hydroxyl groups is 1. The van der Waals surface area contributed by atoms with Crippen LogP contribution in [0.4, 0.5) is 0 Å². The molecule has 0 aromatic carbocycles. The van der Waals surface area contributed by atoms with Crippen molar-refractivity contribution in [2.45, 2.75) is 103 Å². The highest BCUT2D eigenvalue weighted by Crippen LogP contribution is 2.36. The van der Waals surface area contributed by atoms with Gasteiger partial charge in [-0.3, -0.25) is 0 Å². The molecule has 0 aliphatic heterocycles. The number of hydrogen-bond donors (Lipinski definition) is 1. The minimum Gasteiger partial charge on any atom is -0.495 e. The van der Waals surface area contributed by atoms with E-state index in [2.05, 4.69) is 13.0 Å². The van der Waals surface area contributed by atoms with Crippen molar-refractivity contribution in [2.75, 3.05) is 0 Å². The molecule has 0 heterocycles. The van der Waals surface area contributed by atoms with Crippen molar-refractivity contribution < 1.29 is 9.84 Å². The monoisotopic (exact) mass is 308 g/mol. The molecule has 0 aromatic rings. The lowest BCUT2D eigenvalue weighted by Crippen LogP contribution is -2.21. The molecule has 1 saturated carbocycles. The van der Waals surface area contributed by atoms with Crippen LogP contribution in [0.15, 0.2) is 11.8 Å². The van der Waals surface area contributed by atoms with E-state index in [0.29, 0.717) is 0 Å². The van der Waals surface area contributed by atoms with Gasteiger partial charge in [0, 0.05) is 12.8 Å². The van der Waals surface area contributed by atoms with Gasteiger partial charge in [-0.2, -0.15) is 0 Å². The number of fused-ring (bicyclic) bond motifs is 2. The Kier molecular flexibility index (Phi) is 7.79. The molecular weight excluding hydrogens is 272 g/mol. The van der Waals surface area contributed by atoms with E-state index in [4.69, 9.17) is 4.74 Å². The molecule has 2 aliphatic rings. The Labute approximate surface area is 137 Å². The predicted octanol–water partition coefficient (Wildman–Crippen LogP) is 5.60. The highest BCUT2D eigenvalue weighted by atomic mass is 16.5. The molecule has 0 radical (unpaired) electrons. The Bertz CT molecular complexity index is 335. The third-order valence-corrected chi connectivity index (χ3v) is 5.26. The zero-order chi connectivity index (χ0) is 15.8. The molecule has 0 unspecified atom stereocenters. The van der Waals surface area contributed by atoms with Gasteiger partial charge in [-0.1, -0.05) is 44.9 Å². The van der Waals surface area contributed by atoms with Gasteiger partial charge in [0.05, 0.1) is 18.0 Å². The molecule has 22 heavy (non-hydrogen) atoms. The molecule has 0 amide bonds. The smallest absolute Gasteiger partial charge is 0.0978 e. The summed E-state index contributed by atoms with van der Waals surface area (Å²) in [5.41, 5.74) is 0. The van der Waals surface area contributed by atoms with Gasteiger partial charge in [0.2, 0.25) is 0 Å². The number of aliphatic hydroxyl groups excluding tert-OH is 1. The summed E-state index contributed by atoms with van der Waals surface area (Å²) < 4.78 is 6.16. The maximum Gasteiger partial charge on any atom is 0.0978 e. The molecule has 0 spiro atoms. The lowest BCUT2D eigenvalue weighted by molar-refractivity contribution is 0.0587. The maximum atomic E-state index is 9.52. The summed E-state index contributed by atoms with van der Waals surface area (Å²) in [4.78, 5) is 0. The highest BCUT2D eigenvalue weighted by molar-refractivity contribution is 5.04. The fourth-order valence-electron chi connectivity index (χ4n) is 4.21. The second-order valence-electron chi connectivity index (χ2n) is 7.76. The van der Waals surface area contributed by atoms with E-state index >= 15 is 0 Å². The molecule has 128 valence electrons. The molecule has 2 aliphatic carbocycles. The third-order valence-electron chi connectivity index (χ3n) is 5.26. The lowest BCUT2D eigenvalue weighted by Gasteiger charge is -2.30. The Morgan fingerprint density at radius 1 is 1.05 bits per heavy atom. The van der Waals surface area contributed by atoms with Crippen LogP contribution in [-0.4, -0.2) is 17.3 Å². The normalized spacial score (nSPS) is 30.4. The fourth-order valence-corrected chi connectivity index (χ4v) is 4.21. The van der Waals surface area contributed by atoms with Crippen molar-refractivity contribution in [3.8, 4) is 0 Å². The molecule has 4 atom stereocenters. The average Bonchev–Trinajstić information content (AvgIpc) is 2.43. The van der Waals surface area contributed by atoms with Gasteiger partial charge in [0.1, 0.15) is 0 Å². The first-order valence-corrected chi connectivity index (χ1v) is 9.69. The summed E-state index contributed by atoms with van der Waals surface area (Å²) >= 11 is 0. The van der Waals surface area contributed by atoms with Gasteiger partial charge >= 0.3 is 0 Å². The molecule has 2 rings (SSSR count). The largest absolute Gasteiger partial charge is 0.495 e. The third kappa shape index (κ3) is 6.73. The van der Waals surface area contributed by atoms with Crippen LogP contribution < -0.4 is 0 Å². The lowest BCUT2D eigenvalue weighted by atomic mass is 9.80. The molecule has 2 heteroatoms. The topological polar surface area (TPSA) is 29.5 Å². The van der Waals surface area contributed by atoms with E-state index in [9.17, 15) is 5.11 Å². The number of allylic oxidation sites excluding steroid dienone is 2. The Hall–Kier alpha value is -0.500. The average molecular weight is 309 g/mol. The van der Waals surface area contributed by atoms with Crippen LogP contribution in [-0.2, 0) is 4.74 Å². The van der Waals surface area contributed by atoms with E-state index < -0.39 is 0 Å². The molecule has 0 aromatic heterocycles. The summed E-state index contributed by atoms with van der Waals surface area (Å²) in [5.74, 6) is 2.77. The summed E-state index contributed by atoms with van der Waals surface area (Å²) in [5, 5.41) is 9.52. The minimum atomic E-state index is -0.274. The molecule has 1 fully saturated rings. The second kappa shape index (κ2) is 9.60. The molecule has 1 N–H and O–H groups in total. The van der Waals surface area contributed by atoms with Crippen LogP contribution in [0.3, 0.4) is 0 Å². The van der Waals surface area contributed by atoms with Gasteiger partial charge in [-0.05, 0) is 51.0 Å². The number of rotatable bonds is 4. The van der Waals surface area contributed by atoms with Gasteiger partial charge < -0.3 is 9.84 Å². The van der Waals surface area contributed by atoms with Gasteiger partial charge in [-0.15, -0.1) is 0 Å². The van der Waals surface area contributed by atoms with Crippen molar-refractivity contribution in [1.29, 1.82) is 0 Å².